The Bertz CT molecular complexity index is 609. The van der Waals surface area contributed by atoms with E-state index in [-0.39, 0.29) is 28.8 Å². The van der Waals surface area contributed by atoms with E-state index in [4.69, 9.17) is 9.47 Å². The van der Waals surface area contributed by atoms with E-state index >= 15 is 0 Å². The van der Waals surface area contributed by atoms with Gasteiger partial charge in [-0.2, -0.15) is 0 Å². The molecule has 1 aliphatic rings. The predicted octanol–water partition coefficient (Wildman–Crippen LogP) is 1.32. The van der Waals surface area contributed by atoms with Crippen LogP contribution in [0.4, 0.5) is 0 Å². The van der Waals surface area contributed by atoms with Crippen molar-refractivity contribution in [2.45, 2.75) is 11.3 Å². The van der Waals surface area contributed by atoms with Gasteiger partial charge in [0, 0.05) is 13.1 Å². The maximum atomic E-state index is 12.5. The van der Waals surface area contributed by atoms with Crippen molar-refractivity contribution in [2.24, 2.45) is 0 Å². The number of methoxy groups -OCH3 is 2. The number of nitrogens with one attached hydrogen (secondary N) is 2. The third-order valence-electron chi connectivity index (χ3n) is 3.30. The highest BCUT2D eigenvalue weighted by Gasteiger charge is 2.24. The summed E-state index contributed by atoms with van der Waals surface area (Å²) in [6, 6.07) is 4.88. The highest BCUT2D eigenvalue weighted by molar-refractivity contribution is 7.89. The fourth-order valence-corrected chi connectivity index (χ4v) is 3.52. The lowest BCUT2D eigenvalue weighted by molar-refractivity contribution is 0.373. The SMILES string of the molecule is COc1cccc(OC)c1S(=O)(=O)NCC1=CCNCC1.Cl. The second-order valence-electron chi connectivity index (χ2n) is 4.63. The van der Waals surface area contributed by atoms with Crippen LogP contribution < -0.4 is 19.5 Å². The molecule has 0 saturated carbocycles. The van der Waals surface area contributed by atoms with Crippen molar-refractivity contribution in [2.75, 3.05) is 33.9 Å². The molecule has 0 aromatic heterocycles. The van der Waals surface area contributed by atoms with E-state index in [1.165, 1.54) is 14.2 Å². The molecule has 6 nitrogen and oxygen atoms in total. The molecule has 1 aromatic carbocycles. The molecule has 0 radical (unpaired) electrons. The van der Waals surface area contributed by atoms with Gasteiger partial charge in [0.15, 0.2) is 4.90 Å². The third-order valence-corrected chi connectivity index (χ3v) is 4.76. The van der Waals surface area contributed by atoms with Crippen LogP contribution in [0.5, 0.6) is 11.5 Å². The van der Waals surface area contributed by atoms with Gasteiger partial charge in [0.2, 0.25) is 10.0 Å². The van der Waals surface area contributed by atoms with E-state index in [1.807, 2.05) is 6.08 Å². The topological polar surface area (TPSA) is 76.7 Å². The largest absolute Gasteiger partial charge is 0.495 e. The number of hydrogen-bond donors (Lipinski definition) is 2. The number of halogens is 1. The van der Waals surface area contributed by atoms with E-state index in [1.54, 1.807) is 18.2 Å². The molecule has 0 bridgehead atoms. The Balaban J connectivity index is 0.00000242. The first-order chi connectivity index (χ1) is 10.1. The summed E-state index contributed by atoms with van der Waals surface area (Å²) in [7, 11) is -0.839. The van der Waals surface area contributed by atoms with Gasteiger partial charge in [0.05, 0.1) is 14.2 Å². The Hall–Kier alpha value is -1.28. The smallest absolute Gasteiger partial charge is 0.248 e. The number of hydrogen-bond acceptors (Lipinski definition) is 5. The van der Waals surface area contributed by atoms with Crippen LogP contribution in [-0.4, -0.2) is 42.3 Å². The van der Waals surface area contributed by atoms with Crippen LogP contribution in [-0.2, 0) is 10.0 Å². The molecule has 0 saturated heterocycles. The summed E-state index contributed by atoms with van der Waals surface area (Å²) in [5.74, 6) is 0.530. The summed E-state index contributed by atoms with van der Waals surface area (Å²) < 4.78 is 37.9. The first-order valence-electron chi connectivity index (χ1n) is 6.68. The molecule has 1 aromatic rings. The molecule has 0 amide bonds. The lowest BCUT2D eigenvalue weighted by Crippen LogP contribution is -2.30. The monoisotopic (exact) mass is 348 g/mol. The van der Waals surface area contributed by atoms with Crippen molar-refractivity contribution in [1.82, 2.24) is 10.0 Å². The zero-order chi connectivity index (χ0) is 15.3. The molecule has 1 heterocycles. The second-order valence-corrected chi connectivity index (χ2v) is 6.34. The van der Waals surface area contributed by atoms with Crippen molar-refractivity contribution in [1.29, 1.82) is 0 Å². The fourth-order valence-electron chi connectivity index (χ4n) is 2.17. The first-order valence-corrected chi connectivity index (χ1v) is 8.16. The van der Waals surface area contributed by atoms with Crippen LogP contribution in [0.2, 0.25) is 0 Å². The van der Waals surface area contributed by atoms with Gasteiger partial charge in [-0.15, -0.1) is 12.4 Å². The molecule has 124 valence electrons. The van der Waals surface area contributed by atoms with Gasteiger partial charge in [0.25, 0.3) is 0 Å². The maximum Gasteiger partial charge on any atom is 0.248 e. The Kier molecular flexibility index (Phi) is 7.15. The van der Waals surface area contributed by atoms with E-state index in [0.717, 1.165) is 25.1 Å². The molecule has 2 rings (SSSR count). The van der Waals surface area contributed by atoms with Crippen molar-refractivity contribution >= 4 is 22.4 Å². The summed E-state index contributed by atoms with van der Waals surface area (Å²) in [5, 5.41) is 3.19. The molecule has 0 fully saturated rings. The third kappa shape index (κ3) is 4.36. The van der Waals surface area contributed by atoms with Crippen molar-refractivity contribution in [3.63, 3.8) is 0 Å². The number of benzene rings is 1. The van der Waals surface area contributed by atoms with Crippen LogP contribution >= 0.6 is 12.4 Å². The lowest BCUT2D eigenvalue weighted by Gasteiger charge is -2.17. The fraction of sp³-hybridized carbons (Fsp3) is 0.429. The Morgan fingerprint density at radius 2 is 1.86 bits per heavy atom. The molecular formula is C14H21ClN2O4S. The van der Waals surface area contributed by atoms with Crippen LogP contribution in [0, 0.1) is 0 Å². The minimum Gasteiger partial charge on any atom is -0.495 e. The molecule has 0 aliphatic carbocycles. The summed E-state index contributed by atoms with van der Waals surface area (Å²) in [6.07, 6.45) is 2.84. The number of rotatable bonds is 6. The van der Waals surface area contributed by atoms with Gasteiger partial charge in [-0.05, 0) is 25.1 Å². The van der Waals surface area contributed by atoms with E-state index < -0.39 is 10.0 Å². The molecule has 8 heteroatoms. The van der Waals surface area contributed by atoms with Crippen molar-refractivity contribution < 1.29 is 17.9 Å². The van der Waals surface area contributed by atoms with Crippen LogP contribution in [0.15, 0.2) is 34.7 Å². The summed E-state index contributed by atoms with van der Waals surface area (Å²) >= 11 is 0. The van der Waals surface area contributed by atoms with Gasteiger partial charge in [-0.1, -0.05) is 17.7 Å². The Morgan fingerprint density at radius 1 is 1.23 bits per heavy atom. The molecule has 0 atom stereocenters. The molecule has 1 aliphatic heterocycles. The second kappa shape index (κ2) is 8.38. The number of sulfonamides is 1. The van der Waals surface area contributed by atoms with Crippen LogP contribution in [0.1, 0.15) is 6.42 Å². The normalized spacial score (nSPS) is 14.7. The quantitative estimate of drug-likeness (QED) is 0.758. The van der Waals surface area contributed by atoms with Crippen LogP contribution in [0.3, 0.4) is 0 Å². The van der Waals surface area contributed by atoms with Gasteiger partial charge in [-0.3, -0.25) is 0 Å². The Morgan fingerprint density at radius 3 is 2.36 bits per heavy atom. The summed E-state index contributed by atoms with van der Waals surface area (Å²) in [6.45, 7) is 1.94. The average Bonchev–Trinajstić information content (AvgIpc) is 2.53. The van der Waals surface area contributed by atoms with Crippen molar-refractivity contribution in [3.05, 3.63) is 29.8 Å². The summed E-state index contributed by atoms with van der Waals surface area (Å²) in [5.41, 5.74) is 1.08. The van der Waals surface area contributed by atoms with Crippen LogP contribution in [0.25, 0.3) is 0 Å². The standard InChI is InChI=1S/C14H20N2O4S.ClH/c1-19-12-4-3-5-13(20-2)14(12)21(17,18)16-10-11-6-8-15-9-7-11;/h3-6,15-16H,7-10H2,1-2H3;1H. The van der Waals surface area contributed by atoms with Gasteiger partial charge in [0.1, 0.15) is 11.5 Å². The minimum atomic E-state index is -3.71. The van der Waals surface area contributed by atoms with E-state index in [0.29, 0.717) is 6.54 Å². The molecule has 0 spiro atoms. The molecule has 22 heavy (non-hydrogen) atoms. The number of ether oxygens (including phenoxy) is 2. The highest BCUT2D eigenvalue weighted by atomic mass is 35.5. The minimum absolute atomic E-state index is 0. The molecule has 2 N–H and O–H groups in total. The predicted molar refractivity (Wildman–Crippen MR) is 87.6 cm³/mol. The van der Waals surface area contributed by atoms with Crippen molar-refractivity contribution in [3.8, 4) is 11.5 Å². The Labute approximate surface area is 137 Å². The highest BCUT2D eigenvalue weighted by Crippen LogP contribution is 2.32. The lowest BCUT2D eigenvalue weighted by atomic mass is 10.1. The molecular weight excluding hydrogens is 328 g/mol. The summed E-state index contributed by atoms with van der Waals surface area (Å²) in [4.78, 5) is 0.0320. The van der Waals surface area contributed by atoms with Gasteiger partial charge < -0.3 is 14.8 Å². The maximum absolute atomic E-state index is 12.5. The van der Waals surface area contributed by atoms with E-state index in [2.05, 4.69) is 10.0 Å². The zero-order valence-electron chi connectivity index (χ0n) is 12.6. The van der Waals surface area contributed by atoms with E-state index in [9.17, 15) is 8.42 Å². The first kappa shape index (κ1) is 18.8. The van der Waals surface area contributed by atoms with Gasteiger partial charge >= 0.3 is 0 Å². The zero-order valence-corrected chi connectivity index (χ0v) is 14.2. The molecule has 0 unspecified atom stereocenters. The van der Waals surface area contributed by atoms with Gasteiger partial charge in [-0.25, -0.2) is 13.1 Å². The average molecular weight is 349 g/mol.